The Kier molecular flexibility index (Phi) is 8.29. The van der Waals surface area contributed by atoms with Crippen molar-refractivity contribution in [2.75, 3.05) is 23.8 Å². The molecule has 37 heavy (non-hydrogen) atoms. The molecule has 0 bridgehead atoms. The van der Waals surface area contributed by atoms with E-state index >= 15 is 0 Å². The molecule has 10 heteroatoms. The zero-order valence-electron chi connectivity index (χ0n) is 21.3. The minimum atomic E-state index is -0.414. The van der Waals surface area contributed by atoms with Gasteiger partial charge in [0.2, 0.25) is 5.91 Å². The third-order valence-electron chi connectivity index (χ3n) is 6.00. The normalized spacial score (nSPS) is 11.5. The van der Waals surface area contributed by atoms with Crippen LogP contribution in [0.1, 0.15) is 33.6 Å². The number of halogens is 1. The summed E-state index contributed by atoms with van der Waals surface area (Å²) in [5.74, 6) is 0.642. The van der Waals surface area contributed by atoms with Crippen LogP contribution in [0, 0.1) is 5.82 Å². The average Bonchev–Trinajstić information content (AvgIpc) is 3.30. The molecule has 0 fully saturated rings. The Morgan fingerprint density at radius 2 is 2.00 bits per heavy atom. The highest BCUT2D eigenvalue weighted by molar-refractivity contribution is 5.92. The highest BCUT2D eigenvalue weighted by Gasteiger charge is 2.13. The molecule has 3 N–H and O–H groups in total. The molecule has 4 rings (SSSR count). The minimum absolute atomic E-state index is 0.0190. The molecule has 1 amide bonds. The lowest BCUT2D eigenvalue weighted by Crippen LogP contribution is -2.39. The van der Waals surface area contributed by atoms with E-state index in [-0.39, 0.29) is 18.0 Å². The number of amides is 1. The van der Waals surface area contributed by atoms with Crippen molar-refractivity contribution in [2.24, 2.45) is 0 Å². The van der Waals surface area contributed by atoms with E-state index in [0.717, 1.165) is 36.0 Å². The van der Waals surface area contributed by atoms with Crippen molar-refractivity contribution in [2.45, 2.75) is 45.7 Å². The number of nitrogens with zero attached hydrogens (tertiary/aromatic N) is 4. The van der Waals surface area contributed by atoms with Gasteiger partial charge >= 0.3 is 0 Å². The van der Waals surface area contributed by atoms with Crippen LogP contribution in [0.4, 0.5) is 21.6 Å². The number of benzene rings is 2. The van der Waals surface area contributed by atoms with E-state index in [0.29, 0.717) is 23.8 Å². The Morgan fingerprint density at radius 3 is 2.81 bits per heavy atom. The van der Waals surface area contributed by atoms with Gasteiger partial charge in [-0.25, -0.2) is 14.4 Å². The summed E-state index contributed by atoms with van der Waals surface area (Å²) in [4.78, 5) is 21.0. The van der Waals surface area contributed by atoms with Crippen LogP contribution in [0.2, 0.25) is 0 Å². The summed E-state index contributed by atoms with van der Waals surface area (Å²) in [7, 11) is 0. The van der Waals surface area contributed by atoms with E-state index in [2.05, 4.69) is 51.8 Å². The minimum Gasteiger partial charge on any atom is -0.493 e. The Hall–Kier alpha value is -4.05. The van der Waals surface area contributed by atoms with Crippen LogP contribution in [0.5, 0.6) is 5.75 Å². The number of rotatable bonds is 12. The summed E-state index contributed by atoms with van der Waals surface area (Å²) >= 11 is 0. The summed E-state index contributed by atoms with van der Waals surface area (Å²) in [5.41, 5.74) is 1.95. The topological polar surface area (TPSA) is 106 Å². The second-order valence-electron chi connectivity index (χ2n) is 9.38. The van der Waals surface area contributed by atoms with E-state index < -0.39 is 5.82 Å². The second-order valence-corrected chi connectivity index (χ2v) is 9.38. The maximum atomic E-state index is 13.3. The van der Waals surface area contributed by atoms with Crippen molar-refractivity contribution in [3.8, 4) is 5.75 Å². The number of ether oxygens (including phenoxy) is 1. The van der Waals surface area contributed by atoms with Gasteiger partial charge in [0.15, 0.2) is 0 Å². The fourth-order valence-corrected chi connectivity index (χ4v) is 3.61. The predicted molar refractivity (Wildman–Crippen MR) is 143 cm³/mol. The fourth-order valence-electron chi connectivity index (χ4n) is 3.61. The van der Waals surface area contributed by atoms with Crippen molar-refractivity contribution >= 4 is 34.0 Å². The van der Waals surface area contributed by atoms with Gasteiger partial charge in [0.25, 0.3) is 0 Å². The van der Waals surface area contributed by atoms with E-state index in [1.807, 2.05) is 18.2 Å². The van der Waals surface area contributed by atoms with E-state index in [4.69, 9.17) is 4.74 Å². The summed E-state index contributed by atoms with van der Waals surface area (Å²) in [6.45, 7) is 8.05. The third-order valence-corrected chi connectivity index (χ3v) is 6.00. The lowest BCUT2D eigenvalue weighted by Gasteiger charge is -2.24. The van der Waals surface area contributed by atoms with Gasteiger partial charge in [-0.05, 0) is 63.6 Å². The molecular formula is C27H32FN7O2. The molecule has 0 atom stereocenters. The molecule has 0 aliphatic rings. The molecule has 0 aliphatic carbocycles. The number of fused-ring (bicyclic) bond motifs is 1. The molecule has 9 nitrogen and oxygen atoms in total. The van der Waals surface area contributed by atoms with Crippen molar-refractivity contribution in [3.05, 3.63) is 67.0 Å². The molecule has 0 spiro atoms. The fraction of sp³-hybridized carbons (Fsp3) is 0.333. The van der Waals surface area contributed by atoms with Gasteiger partial charge in [-0.15, -0.1) is 0 Å². The first-order valence-electron chi connectivity index (χ1n) is 12.3. The molecule has 2 heterocycles. The lowest BCUT2D eigenvalue weighted by atomic mass is 10.0. The zero-order valence-corrected chi connectivity index (χ0v) is 21.3. The molecule has 0 saturated heterocycles. The number of hydrogen-bond acceptors (Lipinski definition) is 7. The molecule has 0 aliphatic heterocycles. The number of hydrogen-bond donors (Lipinski definition) is 3. The van der Waals surface area contributed by atoms with Crippen molar-refractivity contribution < 1.29 is 13.9 Å². The van der Waals surface area contributed by atoms with Gasteiger partial charge in [-0.1, -0.05) is 13.0 Å². The lowest BCUT2D eigenvalue weighted by molar-refractivity contribution is -0.116. The first-order chi connectivity index (χ1) is 17.8. The van der Waals surface area contributed by atoms with E-state index in [9.17, 15) is 9.18 Å². The maximum Gasteiger partial charge on any atom is 0.246 e. The molecule has 2 aromatic heterocycles. The molecule has 2 aromatic carbocycles. The van der Waals surface area contributed by atoms with Crippen LogP contribution in [0.3, 0.4) is 0 Å². The summed E-state index contributed by atoms with van der Waals surface area (Å²) in [6.07, 6.45) is 6.77. The van der Waals surface area contributed by atoms with Gasteiger partial charge in [0.05, 0.1) is 24.0 Å². The molecule has 4 aromatic rings. The molecule has 0 radical (unpaired) electrons. The predicted octanol–water partition coefficient (Wildman–Crippen LogP) is 4.89. The first kappa shape index (κ1) is 26.0. The van der Waals surface area contributed by atoms with E-state index in [1.165, 1.54) is 29.2 Å². The van der Waals surface area contributed by atoms with Gasteiger partial charge in [-0.3, -0.25) is 9.48 Å². The standard InChI is InChI=1S/C27H32FN7O2/c1-4-27(2,3)31-11-6-12-37-22-9-10-23-24(14-22)29-18-30-26(23)34-21-15-32-35(16-21)17-25(36)33-20-8-5-7-19(28)13-20/h5,7-10,13-16,18,31H,4,6,11-12,17H2,1-3H3,(H,33,36)(H,29,30,34). The maximum absolute atomic E-state index is 13.3. The Labute approximate surface area is 215 Å². The Morgan fingerprint density at radius 1 is 1.14 bits per heavy atom. The molecular weight excluding hydrogens is 473 g/mol. The van der Waals surface area contributed by atoms with Crippen LogP contribution in [0.25, 0.3) is 10.9 Å². The number of carbonyl (C=O) groups is 1. The Bertz CT molecular complexity index is 1360. The summed E-state index contributed by atoms with van der Waals surface area (Å²) in [6, 6.07) is 11.5. The molecule has 0 saturated carbocycles. The average molecular weight is 506 g/mol. The van der Waals surface area contributed by atoms with E-state index in [1.54, 1.807) is 18.5 Å². The van der Waals surface area contributed by atoms with Gasteiger partial charge in [0, 0.05) is 28.9 Å². The Balaban J connectivity index is 1.33. The van der Waals surface area contributed by atoms with Gasteiger partial charge in [0.1, 0.15) is 30.3 Å². The molecule has 194 valence electrons. The van der Waals surface area contributed by atoms with Crippen molar-refractivity contribution in [1.29, 1.82) is 0 Å². The number of anilines is 3. The highest BCUT2D eigenvalue weighted by atomic mass is 19.1. The smallest absolute Gasteiger partial charge is 0.246 e. The monoisotopic (exact) mass is 505 g/mol. The van der Waals surface area contributed by atoms with Gasteiger partial charge in [-0.2, -0.15) is 5.10 Å². The van der Waals surface area contributed by atoms with Crippen LogP contribution in [0.15, 0.2) is 61.2 Å². The second kappa shape index (κ2) is 11.8. The number of carbonyl (C=O) groups excluding carboxylic acids is 1. The molecule has 0 unspecified atom stereocenters. The highest BCUT2D eigenvalue weighted by Crippen LogP contribution is 2.26. The van der Waals surface area contributed by atoms with Crippen molar-refractivity contribution in [1.82, 2.24) is 25.1 Å². The van der Waals surface area contributed by atoms with Crippen LogP contribution in [-0.2, 0) is 11.3 Å². The largest absolute Gasteiger partial charge is 0.493 e. The number of nitrogens with one attached hydrogen (secondary N) is 3. The quantitative estimate of drug-likeness (QED) is 0.235. The number of aromatic nitrogens is 4. The SMILES string of the molecule is CCC(C)(C)NCCCOc1ccc2c(Nc3cnn(CC(=O)Nc4cccc(F)c4)c3)ncnc2c1. The van der Waals surface area contributed by atoms with Gasteiger partial charge < -0.3 is 20.7 Å². The van der Waals surface area contributed by atoms with Crippen LogP contribution in [-0.4, -0.2) is 44.3 Å². The summed E-state index contributed by atoms with van der Waals surface area (Å²) < 4.78 is 20.7. The van der Waals surface area contributed by atoms with Crippen LogP contribution < -0.4 is 20.7 Å². The van der Waals surface area contributed by atoms with Crippen LogP contribution >= 0.6 is 0 Å². The zero-order chi connectivity index (χ0) is 26.3. The first-order valence-corrected chi connectivity index (χ1v) is 12.3. The summed E-state index contributed by atoms with van der Waals surface area (Å²) in [5, 5.41) is 14.5. The van der Waals surface area contributed by atoms with Crippen molar-refractivity contribution in [3.63, 3.8) is 0 Å². The third kappa shape index (κ3) is 7.47.